The van der Waals surface area contributed by atoms with Gasteiger partial charge >= 0.3 is 5.63 Å². The molecule has 2 N–H and O–H groups in total. The van der Waals surface area contributed by atoms with Crippen LogP contribution >= 0.6 is 0 Å². The number of nitrogens with zero attached hydrogens (tertiary/aromatic N) is 1. The highest BCUT2D eigenvalue weighted by molar-refractivity contribution is 7.89. The van der Waals surface area contributed by atoms with Gasteiger partial charge in [0.05, 0.1) is 18.1 Å². The molecule has 1 aromatic heterocycles. The molecule has 0 saturated carbocycles. The average Bonchev–Trinajstić information content (AvgIpc) is 2.46. The Labute approximate surface area is 121 Å². The largest absolute Gasteiger partial charge is 0.423 e. The number of hydrogen-bond acceptors (Lipinski definition) is 6. The van der Waals surface area contributed by atoms with Gasteiger partial charge in [-0.15, -0.1) is 0 Å². The van der Waals surface area contributed by atoms with Crippen molar-refractivity contribution in [2.75, 3.05) is 26.3 Å². The van der Waals surface area contributed by atoms with Crippen LogP contribution in [-0.2, 0) is 10.0 Å². The second-order valence-electron chi connectivity index (χ2n) is 4.31. The van der Waals surface area contributed by atoms with E-state index in [1.807, 2.05) is 0 Å². The third-order valence-electron chi connectivity index (χ3n) is 2.93. The molecule has 0 aliphatic heterocycles. The van der Waals surface area contributed by atoms with E-state index >= 15 is 0 Å². The van der Waals surface area contributed by atoms with E-state index in [2.05, 4.69) is 0 Å². The Bertz CT molecular complexity index is 777. The van der Waals surface area contributed by atoms with Crippen molar-refractivity contribution in [3.8, 4) is 0 Å². The fourth-order valence-electron chi connectivity index (χ4n) is 1.93. The Hall–Kier alpha value is -1.74. The summed E-state index contributed by atoms with van der Waals surface area (Å²) in [5, 5.41) is 18.4. The second-order valence-corrected chi connectivity index (χ2v) is 6.24. The lowest BCUT2D eigenvalue weighted by Crippen LogP contribution is -2.35. The first kappa shape index (κ1) is 15.6. The molecule has 0 spiro atoms. The molecule has 8 heteroatoms. The van der Waals surface area contributed by atoms with Crippen LogP contribution < -0.4 is 5.63 Å². The van der Waals surface area contributed by atoms with Crippen molar-refractivity contribution in [1.82, 2.24) is 4.31 Å². The summed E-state index contributed by atoms with van der Waals surface area (Å²) in [6.45, 7) is -0.904. The first-order valence-corrected chi connectivity index (χ1v) is 7.69. The summed E-state index contributed by atoms with van der Waals surface area (Å²) < 4.78 is 30.8. The van der Waals surface area contributed by atoms with E-state index in [0.29, 0.717) is 5.39 Å². The van der Waals surface area contributed by atoms with Gasteiger partial charge < -0.3 is 14.6 Å². The Morgan fingerprint density at radius 1 is 1.05 bits per heavy atom. The number of aliphatic hydroxyl groups is 2. The summed E-state index contributed by atoms with van der Waals surface area (Å²) in [7, 11) is -3.83. The van der Waals surface area contributed by atoms with Crippen LogP contribution in [0.4, 0.5) is 0 Å². The van der Waals surface area contributed by atoms with E-state index in [1.54, 1.807) is 0 Å². The highest BCUT2D eigenvalue weighted by atomic mass is 32.2. The van der Waals surface area contributed by atoms with Crippen molar-refractivity contribution >= 4 is 21.0 Å². The first-order valence-electron chi connectivity index (χ1n) is 6.25. The molecule has 2 rings (SSSR count). The van der Waals surface area contributed by atoms with Gasteiger partial charge in [-0.25, -0.2) is 13.2 Å². The van der Waals surface area contributed by atoms with Crippen molar-refractivity contribution in [1.29, 1.82) is 0 Å². The summed E-state index contributed by atoms with van der Waals surface area (Å²) in [4.78, 5) is 11.1. The lowest BCUT2D eigenvalue weighted by molar-refractivity contribution is 0.217. The van der Waals surface area contributed by atoms with Gasteiger partial charge in [0.1, 0.15) is 5.58 Å². The molecule has 1 aromatic carbocycles. The number of hydrogen-bond donors (Lipinski definition) is 2. The monoisotopic (exact) mass is 313 g/mol. The number of aliphatic hydroxyl groups excluding tert-OH is 2. The Morgan fingerprint density at radius 3 is 2.33 bits per heavy atom. The maximum absolute atomic E-state index is 12.4. The van der Waals surface area contributed by atoms with Crippen LogP contribution in [0, 0.1) is 0 Å². The van der Waals surface area contributed by atoms with Gasteiger partial charge in [-0.05, 0) is 24.3 Å². The molecular weight excluding hydrogens is 298 g/mol. The average molecular weight is 313 g/mol. The van der Waals surface area contributed by atoms with Crippen LogP contribution in [0.2, 0.25) is 0 Å². The minimum Gasteiger partial charge on any atom is -0.423 e. The van der Waals surface area contributed by atoms with E-state index in [0.717, 1.165) is 4.31 Å². The zero-order valence-electron chi connectivity index (χ0n) is 11.1. The highest BCUT2D eigenvalue weighted by Crippen LogP contribution is 2.20. The third kappa shape index (κ3) is 3.30. The first-order chi connectivity index (χ1) is 9.98. The molecule has 0 bridgehead atoms. The molecule has 0 radical (unpaired) electrons. The maximum Gasteiger partial charge on any atom is 0.336 e. The van der Waals surface area contributed by atoms with E-state index < -0.39 is 15.6 Å². The van der Waals surface area contributed by atoms with Crippen LogP contribution in [0.25, 0.3) is 11.0 Å². The van der Waals surface area contributed by atoms with Gasteiger partial charge in [0.25, 0.3) is 0 Å². The Kier molecular flexibility index (Phi) is 4.73. The van der Waals surface area contributed by atoms with Crippen LogP contribution in [0.1, 0.15) is 0 Å². The molecule has 114 valence electrons. The van der Waals surface area contributed by atoms with Gasteiger partial charge in [-0.1, -0.05) is 0 Å². The zero-order valence-corrected chi connectivity index (χ0v) is 11.9. The highest BCUT2D eigenvalue weighted by Gasteiger charge is 2.23. The molecule has 0 aliphatic rings. The predicted molar refractivity (Wildman–Crippen MR) is 75.4 cm³/mol. The van der Waals surface area contributed by atoms with Crippen molar-refractivity contribution in [3.05, 3.63) is 40.8 Å². The molecule has 0 saturated heterocycles. The Balaban J connectivity index is 2.48. The molecule has 0 unspecified atom stereocenters. The van der Waals surface area contributed by atoms with E-state index in [-0.39, 0.29) is 36.8 Å². The number of rotatable bonds is 6. The number of sulfonamides is 1. The predicted octanol–water partition coefficient (Wildman–Crippen LogP) is -0.232. The van der Waals surface area contributed by atoms with Gasteiger partial charge in [0.2, 0.25) is 10.0 Å². The Morgan fingerprint density at radius 2 is 1.71 bits per heavy atom. The normalized spacial score (nSPS) is 12.1. The van der Waals surface area contributed by atoms with E-state index in [4.69, 9.17) is 14.6 Å². The fourth-order valence-corrected chi connectivity index (χ4v) is 3.39. The van der Waals surface area contributed by atoms with Crippen LogP contribution in [0.15, 0.2) is 44.4 Å². The van der Waals surface area contributed by atoms with Crippen molar-refractivity contribution < 1.29 is 23.0 Å². The molecule has 0 aliphatic carbocycles. The van der Waals surface area contributed by atoms with E-state index in [9.17, 15) is 13.2 Å². The maximum atomic E-state index is 12.4. The molecule has 0 amide bonds. The standard InChI is InChI=1S/C13H15NO6S/c15-7-5-14(6-8-16)21(18,19)11-2-3-12-10(9-11)1-4-13(17)20-12/h1-4,9,15-16H,5-8H2. The quantitative estimate of drug-likeness (QED) is 0.713. The van der Waals surface area contributed by atoms with Crippen molar-refractivity contribution in [2.24, 2.45) is 0 Å². The van der Waals surface area contributed by atoms with Gasteiger partial charge in [-0.3, -0.25) is 0 Å². The summed E-state index contributed by atoms with van der Waals surface area (Å²) in [6.07, 6.45) is 0. The van der Waals surface area contributed by atoms with Gasteiger partial charge in [0.15, 0.2) is 0 Å². The van der Waals surface area contributed by atoms with Crippen LogP contribution in [0.5, 0.6) is 0 Å². The van der Waals surface area contributed by atoms with Crippen LogP contribution in [0.3, 0.4) is 0 Å². The van der Waals surface area contributed by atoms with Gasteiger partial charge in [0, 0.05) is 24.5 Å². The molecule has 1 heterocycles. The van der Waals surface area contributed by atoms with Gasteiger partial charge in [-0.2, -0.15) is 4.31 Å². The zero-order chi connectivity index (χ0) is 15.5. The second kappa shape index (κ2) is 6.35. The summed E-state index contributed by atoms with van der Waals surface area (Å²) in [6, 6.07) is 6.79. The molecule has 0 atom stereocenters. The smallest absolute Gasteiger partial charge is 0.336 e. The fraction of sp³-hybridized carbons (Fsp3) is 0.308. The number of benzene rings is 1. The minimum atomic E-state index is -3.83. The molecule has 0 fully saturated rings. The molecule has 21 heavy (non-hydrogen) atoms. The third-order valence-corrected chi connectivity index (χ3v) is 4.82. The van der Waals surface area contributed by atoms with Crippen molar-refractivity contribution in [3.63, 3.8) is 0 Å². The topological polar surface area (TPSA) is 108 Å². The van der Waals surface area contributed by atoms with E-state index in [1.165, 1.54) is 30.3 Å². The lowest BCUT2D eigenvalue weighted by Gasteiger charge is -2.20. The summed E-state index contributed by atoms with van der Waals surface area (Å²) in [5.74, 6) is 0. The molecule has 2 aromatic rings. The van der Waals surface area contributed by atoms with Crippen molar-refractivity contribution in [2.45, 2.75) is 4.90 Å². The molecular formula is C13H15NO6S. The summed E-state index contributed by atoms with van der Waals surface area (Å²) in [5.41, 5.74) is -0.224. The summed E-state index contributed by atoms with van der Waals surface area (Å²) >= 11 is 0. The minimum absolute atomic E-state index is 0.00532. The lowest BCUT2D eigenvalue weighted by atomic mass is 10.2. The molecule has 7 nitrogen and oxygen atoms in total. The van der Waals surface area contributed by atoms with Crippen LogP contribution in [-0.4, -0.2) is 49.2 Å². The number of fused-ring (bicyclic) bond motifs is 1. The SMILES string of the molecule is O=c1ccc2cc(S(=O)(=O)N(CCO)CCO)ccc2o1.